The zero-order valence-electron chi connectivity index (χ0n) is 14.5. The van der Waals surface area contributed by atoms with Crippen molar-refractivity contribution in [2.45, 2.75) is 44.7 Å². The average molecular weight is 351 g/mol. The summed E-state index contributed by atoms with van der Waals surface area (Å²) >= 11 is 0. The second kappa shape index (κ2) is 6.23. The van der Waals surface area contributed by atoms with Crippen LogP contribution >= 0.6 is 0 Å². The predicted molar refractivity (Wildman–Crippen MR) is 94.1 cm³/mol. The lowest BCUT2D eigenvalue weighted by Crippen LogP contribution is -2.44. The summed E-state index contributed by atoms with van der Waals surface area (Å²) in [6, 6.07) is 7.71. The quantitative estimate of drug-likeness (QED) is 0.709. The highest BCUT2D eigenvalue weighted by molar-refractivity contribution is 5.79. The highest BCUT2D eigenvalue weighted by Gasteiger charge is 2.36. The molecule has 0 saturated carbocycles. The Morgan fingerprint density at radius 2 is 2.12 bits per heavy atom. The van der Waals surface area contributed by atoms with Crippen LogP contribution in [0.25, 0.3) is 11.1 Å². The molecular formula is C19H21N5O2. The number of piperidine rings is 1. The van der Waals surface area contributed by atoms with Crippen LogP contribution in [0, 0.1) is 5.92 Å². The first kappa shape index (κ1) is 15.5. The molecule has 2 aromatic heterocycles. The summed E-state index contributed by atoms with van der Waals surface area (Å²) in [6.07, 6.45) is 6.39. The Balaban J connectivity index is 1.41. The van der Waals surface area contributed by atoms with Crippen molar-refractivity contribution in [3.63, 3.8) is 0 Å². The Morgan fingerprint density at radius 1 is 1.19 bits per heavy atom. The fourth-order valence-corrected chi connectivity index (χ4v) is 4.18. The summed E-state index contributed by atoms with van der Waals surface area (Å²) in [4.78, 5) is 19.9. The van der Waals surface area contributed by atoms with Crippen molar-refractivity contribution in [2.24, 2.45) is 5.92 Å². The first-order valence-electron chi connectivity index (χ1n) is 9.32. The topological polar surface area (TPSA) is 77.1 Å². The Labute approximate surface area is 151 Å². The van der Waals surface area contributed by atoms with Crippen LogP contribution in [0.15, 0.2) is 35.0 Å². The van der Waals surface area contributed by atoms with Crippen LogP contribution in [-0.4, -0.2) is 37.1 Å². The van der Waals surface area contributed by atoms with Crippen LogP contribution in [0.3, 0.4) is 0 Å². The number of benzene rings is 1. The number of hydrogen-bond donors (Lipinski definition) is 0. The summed E-state index contributed by atoms with van der Waals surface area (Å²) in [5.41, 5.74) is 1.64. The van der Waals surface area contributed by atoms with E-state index in [9.17, 15) is 4.79 Å². The molecule has 5 rings (SSSR count). The third-order valence-electron chi connectivity index (χ3n) is 5.56. The van der Waals surface area contributed by atoms with Gasteiger partial charge in [0.1, 0.15) is 23.7 Å². The number of likely N-dealkylation sites (tertiary alicyclic amines) is 1. The number of aromatic nitrogens is 4. The molecule has 1 fully saturated rings. The number of carbonyl (C=O) groups excluding carboxylic acids is 1. The molecule has 26 heavy (non-hydrogen) atoms. The normalized spacial score (nSPS) is 23.2. The average Bonchev–Trinajstić information content (AvgIpc) is 3.33. The van der Waals surface area contributed by atoms with E-state index < -0.39 is 0 Å². The van der Waals surface area contributed by atoms with Gasteiger partial charge in [-0.05, 0) is 37.8 Å². The van der Waals surface area contributed by atoms with Gasteiger partial charge in [0.2, 0.25) is 11.8 Å². The Bertz CT molecular complexity index is 913. The first-order chi connectivity index (χ1) is 12.8. The molecule has 2 aliphatic heterocycles. The Kier molecular flexibility index (Phi) is 3.72. The lowest BCUT2D eigenvalue weighted by Gasteiger charge is -2.37. The van der Waals surface area contributed by atoms with Gasteiger partial charge in [0, 0.05) is 19.5 Å². The zero-order chi connectivity index (χ0) is 17.5. The summed E-state index contributed by atoms with van der Waals surface area (Å²) in [6.45, 7) is 1.44. The third-order valence-corrected chi connectivity index (χ3v) is 5.56. The number of carbonyl (C=O) groups is 1. The maximum absolute atomic E-state index is 13.3. The fourth-order valence-electron chi connectivity index (χ4n) is 4.18. The van der Waals surface area contributed by atoms with Gasteiger partial charge in [0.15, 0.2) is 5.58 Å². The van der Waals surface area contributed by atoms with Crippen LogP contribution in [0.1, 0.15) is 43.4 Å². The van der Waals surface area contributed by atoms with Crippen LogP contribution in [-0.2, 0) is 17.8 Å². The maximum atomic E-state index is 13.3. The van der Waals surface area contributed by atoms with Crippen molar-refractivity contribution >= 4 is 17.0 Å². The summed E-state index contributed by atoms with van der Waals surface area (Å²) < 4.78 is 7.99. The molecule has 0 N–H and O–H groups in total. The van der Waals surface area contributed by atoms with E-state index in [1.165, 1.54) is 0 Å². The third kappa shape index (κ3) is 2.58. The van der Waals surface area contributed by atoms with Gasteiger partial charge in [-0.1, -0.05) is 12.1 Å². The van der Waals surface area contributed by atoms with Gasteiger partial charge in [-0.3, -0.25) is 4.79 Å². The van der Waals surface area contributed by atoms with Gasteiger partial charge < -0.3 is 13.9 Å². The Hall–Kier alpha value is -2.70. The van der Waals surface area contributed by atoms with E-state index >= 15 is 0 Å². The van der Waals surface area contributed by atoms with E-state index in [0.29, 0.717) is 12.4 Å². The minimum Gasteiger partial charge on any atom is -0.438 e. The SMILES string of the molecule is O=C(C1CCc2nncn2C1)N1CCCCC1c1nc2ccccc2o1. The fraction of sp³-hybridized carbons (Fsp3) is 0.474. The number of para-hydroxylation sites is 2. The van der Waals surface area contributed by atoms with E-state index in [1.807, 2.05) is 33.7 Å². The monoisotopic (exact) mass is 351 g/mol. The van der Waals surface area contributed by atoms with Crippen molar-refractivity contribution in [3.05, 3.63) is 42.3 Å². The van der Waals surface area contributed by atoms with E-state index in [0.717, 1.165) is 55.6 Å². The van der Waals surface area contributed by atoms with Crippen molar-refractivity contribution in [2.75, 3.05) is 6.54 Å². The van der Waals surface area contributed by atoms with Gasteiger partial charge >= 0.3 is 0 Å². The van der Waals surface area contributed by atoms with Gasteiger partial charge in [-0.25, -0.2) is 4.98 Å². The van der Waals surface area contributed by atoms with Crippen molar-refractivity contribution in [3.8, 4) is 0 Å². The standard InChI is InChI=1S/C19H21N5O2/c25-19(13-8-9-17-22-20-12-23(17)11-13)24-10-4-3-6-15(24)18-21-14-5-1-2-7-16(14)26-18/h1-2,5,7,12-13,15H,3-4,6,8-11H2. The van der Waals surface area contributed by atoms with Gasteiger partial charge in [-0.2, -0.15) is 0 Å². The molecule has 0 radical (unpaired) electrons. The molecule has 7 nitrogen and oxygen atoms in total. The number of fused-ring (bicyclic) bond motifs is 2. The maximum Gasteiger partial charge on any atom is 0.228 e. The summed E-state index contributed by atoms with van der Waals surface area (Å²) in [7, 11) is 0. The lowest BCUT2D eigenvalue weighted by molar-refractivity contribution is -0.141. The second-order valence-electron chi connectivity index (χ2n) is 7.20. The number of nitrogens with zero attached hydrogens (tertiary/aromatic N) is 5. The molecular weight excluding hydrogens is 330 g/mol. The van der Waals surface area contributed by atoms with Crippen molar-refractivity contribution < 1.29 is 9.21 Å². The van der Waals surface area contributed by atoms with Gasteiger partial charge in [0.25, 0.3) is 0 Å². The van der Waals surface area contributed by atoms with Crippen LogP contribution < -0.4 is 0 Å². The van der Waals surface area contributed by atoms with E-state index in [2.05, 4.69) is 15.2 Å². The molecule has 7 heteroatoms. The molecule has 0 aliphatic carbocycles. The lowest BCUT2D eigenvalue weighted by atomic mass is 9.94. The molecule has 1 amide bonds. The van der Waals surface area contributed by atoms with E-state index in [4.69, 9.17) is 4.42 Å². The van der Waals surface area contributed by atoms with E-state index in [-0.39, 0.29) is 17.9 Å². The molecule has 1 aromatic carbocycles. The smallest absolute Gasteiger partial charge is 0.228 e. The number of amides is 1. The van der Waals surface area contributed by atoms with Gasteiger partial charge in [0.05, 0.1) is 5.92 Å². The molecule has 1 saturated heterocycles. The van der Waals surface area contributed by atoms with Crippen molar-refractivity contribution in [1.29, 1.82) is 0 Å². The highest BCUT2D eigenvalue weighted by Crippen LogP contribution is 2.34. The molecule has 2 aliphatic rings. The summed E-state index contributed by atoms with van der Waals surface area (Å²) in [5, 5.41) is 8.07. The molecule has 0 bridgehead atoms. The molecule has 2 atom stereocenters. The predicted octanol–water partition coefficient (Wildman–Crippen LogP) is 2.74. The highest BCUT2D eigenvalue weighted by atomic mass is 16.3. The molecule has 134 valence electrons. The second-order valence-corrected chi connectivity index (χ2v) is 7.20. The minimum absolute atomic E-state index is 0.0246. The van der Waals surface area contributed by atoms with Crippen LogP contribution in [0.5, 0.6) is 0 Å². The van der Waals surface area contributed by atoms with Crippen LogP contribution in [0.2, 0.25) is 0 Å². The van der Waals surface area contributed by atoms with Crippen LogP contribution in [0.4, 0.5) is 0 Å². The van der Waals surface area contributed by atoms with Crippen molar-refractivity contribution in [1.82, 2.24) is 24.6 Å². The minimum atomic E-state index is -0.0639. The first-order valence-corrected chi connectivity index (χ1v) is 9.32. The largest absolute Gasteiger partial charge is 0.438 e. The molecule has 2 unspecified atom stereocenters. The summed E-state index contributed by atoms with van der Waals surface area (Å²) in [5.74, 6) is 1.82. The number of hydrogen-bond acceptors (Lipinski definition) is 5. The zero-order valence-corrected chi connectivity index (χ0v) is 14.5. The molecule has 4 heterocycles. The molecule has 0 spiro atoms. The van der Waals surface area contributed by atoms with Gasteiger partial charge in [-0.15, -0.1) is 10.2 Å². The number of aryl methyl sites for hydroxylation is 1. The number of rotatable bonds is 2. The van der Waals surface area contributed by atoms with E-state index in [1.54, 1.807) is 6.33 Å². The number of oxazole rings is 1. The molecule has 3 aromatic rings. The Morgan fingerprint density at radius 3 is 3.04 bits per heavy atom.